The summed E-state index contributed by atoms with van der Waals surface area (Å²) in [5.41, 5.74) is 0.946. The summed E-state index contributed by atoms with van der Waals surface area (Å²) in [5, 5.41) is 3.58. The molecular formula is C18H24ClNO4. The summed E-state index contributed by atoms with van der Waals surface area (Å²) >= 11 is 5.95. The van der Waals surface area contributed by atoms with Crippen molar-refractivity contribution in [2.45, 2.75) is 51.5 Å². The zero-order valence-corrected chi connectivity index (χ0v) is 14.7. The molecule has 6 heteroatoms. The van der Waals surface area contributed by atoms with E-state index >= 15 is 0 Å². The van der Waals surface area contributed by atoms with E-state index in [9.17, 15) is 9.59 Å². The number of ether oxygens (including phenoxy) is 2. The van der Waals surface area contributed by atoms with E-state index in [-0.39, 0.29) is 30.9 Å². The van der Waals surface area contributed by atoms with E-state index in [0.29, 0.717) is 18.1 Å². The normalized spacial score (nSPS) is 14.4. The Hall–Kier alpha value is -1.75. The van der Waals surface area contributed by atoms with Gasteiger partial charge in [-0.05, 0) is 49.9 Å². The maximum atomic E-state index is 11.7. The van der Waals surface area contributed by atoms with Crippen LogP contribution >= 0.6 is 11.6 Å². The molecule has 0 bridgehead atoms. The van der Waals surface area contributed by atoms with Crippen molar-refractivity contribution in [3.05, 3.63) is 28.8 Å². The average molecular weight is 354 g/mol. The van der Waals surface area contributed by atoms with Gasteiger partial charge in [-0.3, -0.25) is 9.59 Å². The number of benzene rings is 1. The first-order chi connectivity index (χ1) is 11.5. The number of nitrogens with one attached hydrogen (secondary N) is 1. The molecule has 1 aromatic rings. The molecule has 0 aromatic heterocycles. The first kappa shape index (κ1) is 18.6. The number of carbonyl (C=O) groups is 2. The van der Waals surface area contributed by atoms with E-state index < -0.39 is 0 Å². The zero-order valence-electron chi connectivity index (χ0n) is 14.0. The molecule has 1 aliphatic carbocycles. The van der Waals surface area contributed by atoms with Gasteiger partial charge in [0.2, 0.25) is 0 Å². The van der Waals surface area contributed by atoms with Crippen molar-refractivity contribution in [1.29, 1.82) is 0 Å². The fourth-order valence-corrected chi connectivity index (χ4v) is 2.79. The zero-order chi connectivity index (χ0) is 17.4. The number of aryl methyl sites for hydroxylation is 1. The third-order valence-corrected chi connectivity index (χ3v) is 4.43. The predicted molar refractivity (Wildman–Crippen MR) is 92.3 cm³/mol. The molecule has 0 saturated heterocycles. The summed E-state index contributed by atoms with van der Waals surface area (Å²) in [6, 6.07) is 5.67. The van der Waals surface area contributed by atoms with Gasteiger partial charge in [0.05, 0.1) is 6.61 Å². The minimum Gasteiger partial charge on any atom is -0.494 e. The van der Waals surface area contributed by atoms with E-state index in [1.165, 1.54) is 0 Å². The highest BCUT2D eigenvalue weighted by molar-refractivity contribution is 6.31. The molecule has 0 aliphatic heterocycles. The second kappa shape index (κ2) is 9.52. The van der Waals surface area contributed by atoms with Crippen LogP contribution in [-0.2, 0) is 14.3 Å². The summed E-state index contributed by atoms with van der Waals surface area (Å²) in [7, 11) is 0. The van der Waals surface area contributed by atoms with Crippen LogP contribution in [0.3, 0.4) is 0 Å². The highest BCUT2D eigenvalue weighted by Crippen LogP contribution is 2.21. The Balaban J connectivity index is 1.55. The number of carbonyl (C=O) groups excluding carboxylic acids is 2. The minimum atomic E-state index is -0.382. The van der Waals surface area contributed by atoms with E-state index in [1.54, 1.807) is 12.1 Å². The lowest BCUT2D eigenvalue weighted by Crippen LogP contribution is -2.35. The Labute approximate surface area is 147 Å². The average Bonchev–Trinajstić information content (AvgIpc) is 3.06. The van der Waals surface area contributed by atoms with Crippen molar-refractivity contribution in [3.63, 3.8) is 0 Å². The fourth-order valence-electron chi connectivity index (χ4n) is 2.67. The van der Waals surface area contributed by atoms with Crippen LogP contribution in [0.25, 0.3) is 0 Å². The molecule has 5 nitrogen and oxygen atoms in total. The van der Waals surface area contributed by atoms with Crippen molar-refractivity contribution < 1.29 is 19.1 Å². The van der Waals surface area contributed by atoms with Gasteiger partial charge >= 0.3 is 5.97 Å². The molecule has 1 amide bonds. The Morgan fingerprint density at radius 1 is 1.29 bits per heavy atom. The molecule has 0 radical (unpaired) electrons. The SMILES string of the molecule is Cc1cc(OCCCC(=O)OCC(=O)NC2CCCC2)ccc1Cl. The molecular weight excluding hydrogens is 330 g/mol. The predicted octanol–water partition coefficient (Wildman–Crippen LogP) is 3.41. The van der Waals surface area contributed by atoms with Crippen LogP contribution in [0.2, 0.25) is 5.02 Å². The Bertz CT molecular complexity index is 570. The highest BCUT2D eigenvalue weighted by Gasteiger charge is 2.17. The van der Waals surface area contributed by atoms with Crippen molar-refractivity contribution in [2.75, 3.05) is 13.2 Å². The monoisotopic (exact) mass is 353 g/mol. The Kier molecular flexibility index (Phi) is 7.37. The van der Waals surface area contributed by atoms with Crippen LogP contribution < -0.4 is 10.1 Å². The van der Waals surface area contributed by atoms with E-state index in [1.807, 2.05) is 13.0 Å². The van der Waals surface area contributed by atoms with Crippen molar-refractivity contribution in [2.24, 2.45) is 0 Å². The van der Waals surface area contributed by atoms with E-state index in [2.05, 4.69) is 5.32 Å². The van der Waals surface area contributed by atoms with Gasteiger partial charge < -0.3 is 14.8 Å². The van der Waals surface area contributed by atoms with Crippen LogP contribution in [0.5, 0.6) is 5.75 Å². The van der Waals surface area contributed by atoms with Crippen LogP contribution in [-0.4, -0.2) is 31.1 Å². The first-order valence-electron chi connectivity index (χ1n) is 8.38. The molecule has 0 heterocycles. The standard InChI is InChI=1S/C18H24ClNO4/c1-13-11-15(8-9-16(13)19)23-10-4-7-18(22)24-12-17(21)20-14-5-2-3-6-14/h8-9,11,14H,2-7,10,12H2,1H3,(H,20,21). The lowest BCUT2D eigenvalue weighted by molar-refractivity contribution is -0.148. The largest absolute Gasteiger partial charge is 0.494 e. The van der Waals surface area contributed by atoms with E-state index in [0.717, 1.165) is 37.0 Å². The number of esters is 1. The maximum absolute atomic E-state index is 11.7. The topological polar surface area (TPSA) is 64.6 Å². The number of amides is 1. The van der Waals surface area contributed by atoms with Gasteiger partial charge in [-0.2, -0.15) is 0 Å². The molecule has 0 atom stereocenters. The number of hydrogen-bond donors (Lipinski definition) is 1. The molecule has 2 rings (SSSR count). The first-order valence-corrected chi connectivity index (χ1v) is 8.76. The summed E-state index contributed by atoms with van der Waals surface area (Å²) in [6.07, 6.45) is 5.09. The third-order valence-electron chi connectivity index (χ3n) is 4.01. The number of halogens is 1. The summed E-state index contributed by atoms with van der Waals surface area (Å²) in [4.78, 5) is 23.3. The van der Waals surface area contributed by atoms with E-state index in [4.69, 9.17) is 21.1 Å². The molecule has 1 saturated carbocycles. The molecule has 132 valence electrons. The highest BCUT2D eigenvalue weighted by atomic mass is 35.5. The molecule has 1 aromatic carbocycles. The van der Waals surface area contributed by atoms with Crippen LogP contribution in [0, 0.1) is 6.92 Å². The quantitative estimate of drug-likeness (QED) is 0.574. The van der Waals surface area contributed by atoms with Crippen molar-refractivity contribution >= 4 is 23.5 Å². The van der Waals surface area contributed by atoms with Gasteiger partial charge in [0.25, 0.3) is 5.91 Å². The second-order valence-corrected chi connectivity index (χ2v) is 6.48. The lowest BCUT2D eigenvalue weighted by Gasteiger charge is -2.12. The summed E-state index contributed by atoms with van der Waals surface area (Å²) < 4.78 is 10.5. The van der Waals surface area contributed by atoms with Crippen molar-refractivity contribution in [3.8, 4) is 5.75 Å². The lowest BCUT2D eigenvalue weighted by atomic mass is 10.2. The molecule has 1 aliphatic rings. The number of rotatable bonds is 8. The number of hydrogen-bond acceptors (Lipinski definition) is 4. The Morgan fingerprint density at radius 3 is 2.75 bits per heavy atom. The summed E-state index contributed by atoms with van der Waals surface area (Å²) in [6.45, 7) is 2.11. The van der Waals surface area contributed by atoms with Gasteiger partial charge in [0, 0.05) is 17.5 Å². The Morgan fingerprint density at radius 2 is 2.04 bits per heavy atom. The van der Waals surface area contributed by atoms with Crippen LogP contribution in [0.15, 0.2) is 18.2 Å². The van der Waals surface area contributed by atoms with Gasteiger partial charge in [-0.1, -0.05) is 24.4 Å². The smallest absolute Gasteiger partial charge is 0.306 e. The molecule has 0 unspecified atom stereocenters. The van der Waals surface area contributed by atoms with Crippen LogP contribution in [0.1, 0.15) is 44.1 Å². The molecule has 24 heavy (non-hydrogen) atoms. The molecule has 1 fully saturated rings. The van der Waals surface area contributed by atoms with Crippen molar-refractivity contribution in [1.82, 2.24) is 5.32 Å². The molecule has 0 spiro atoms. The van der Waals surface area contributed by atoms with Gasteiger partial charge in [0.1, 0.15) is 5.75 Å². The van der Waals surface area contributed by atoms with Gasteiger partial charge in [-0.25, -0.2) is 0 Å². The van der Waals surface area contributed by atoms with Gasteiger partial charge in [0.15, 0.2) is 6.61 Å². The fraction of sp³-hybridized carbons (Fsp3) is 0.556. The summed E-state index contributed by atoms with van der Waals surface area (Å²) in [5.74, 6) is 0.122. The molecule has 1 N–H and O–H groups in total. The third kappa shape index (κ3) is 6.40. The van der Waals surface area contributed by atoms with Crippen LogP contribution in [0.4, 0.5) is 0 Å². The second-order valence-electron chi connectivity index (χ2n) is 6.07. The maximum Gasteiger partial charge on any atom is 0.306 e. The van der Waals surface area contributed by atoms with Gasteiger partial charge in [-0.15, -0.1) is 0 Å². The minimum absolute atomic E-state index is 0.202.